The third kappa shape index (κ3) is 8.51. The van der Waals surface area contributed by atoms with E-state index in [1.807, 2.05) is 51.1 Å². The molecular weight excluding hydrogens is 605 g/mol. The van der Waals surface area contributed by atoms with Crippen molar-refractivity contribution in [3.63, 3.8) is 0 Å². The number of benzene rings is 4. The number of nitrogens with zero attached hydrogens (tertiary/aromatic N) is 2. The van der Waals surface area contributed by atoms with E-state index in [9.17, 15) is 22.4 Å². The number of amides is 2. The molecular formula is C36H40FN3O5S. The minimum absolute atomic E-state index is 0.000989. The lowest BCUT2D eigenvalue weighted by Gasteiger charge is -2.34. The van der Waals surface area contributed by atoms with Crippen LogP contribution < -0.4 is 14.4 Å². The summed E-state index contributed by atoms with van der Waals surface area (Å²) in [4.78, 5) is 29.7. The molecule has 0 aliphatic heterocycles. The molecule has 4 rings (SSSR count). The minimum atomic E-state index is -4.29. The zero-order chi connectivity index (χ0) is 33.3. The van der Waals surface area contributed by atoms with Crippen LogP contribution in [0.3, 0.4) is 0 Å². The first-order valence-electron chi connectivity index (χ1n) is 15.1. The number of methoxy groups -OCH3 is 1. The van der Waals surface area contributed by atoms with Gasteiger partial charge >= 0.3 is 0 Å². The fourth-order valence-corrected chi connectivity index (χ4v) is 6.47. The van der Waals surface area contributed by atoms with Gasteiger partial charge in [0.1, 0.15) is 24.2 Å². The molecule has 0 spiro atoms. The molecule has 0 saturated carbocycles. The Bertz CT molecular complexity index is 1730. The fraction of sp³-hybridized carbons (Fsp3) is 0.278. The van der Waals surface area contributed by atoms with E-state index in [1.165, 1.54) is 36.3 Å². The van der Waals surface area contributed by atoms with E-state index in [-0.39, 0.29) is 35.2 Å². The Kier molecular flexibility index (Phi) is 11.5. The van der Waals surface area contributed by atoms with Gasteiger partial charge < -0.3 is 15.0 Å². The summed E-state index contributed by atoms with van der Waals surface area (Å²) < 4.78 is 49.0. The number of halogens is 1. The van der Waals surface area contributed by atoms with Crippen LogP contribution in [0.15, 0.2) is 102 Å². The van der Waals surface area contributed by atoms with Gasteiger partial charge in [0.05, 0.1) is 17.7 Å². The predicted octanol–water partition coefficient (Wildman–Crippen LogP) is 5.81. The summed E-state index contributed by atoms with van der Waals surface area (Å²) in [7, 11) is -2.86. The molecule has 2 amide bonds. The Balaban J connectivity index is 1.84. The Hall–Kier alpha value is -4.70. The van der Waals surface area contributed by atoms with E-state index in [1.54, 1.807) is 42.5 Å². The molecule has 4 aromatic rings. The number of hydrogen-bond acceptors (Lipinski definition) is 5. The second-order valence-electron chi connectivity index (χ2n) is 11.1. The largest absolute Gasteiger partial charge is 0.495 e. The van der Waals surface area contributed by atoms with Gasteiger partial charge in [-0.1, -0.05) is 73.2 Å². The monoisotopic (exact) mass is 645 g/mol. The van der Waals surface area contributed by atoms with Crippen molar-refractivity contribution in [3.8, 4) is 5.75 Å². The van der Waals surface area contributed by atoms with Gasteiger partial charge in [-0.2, -0.15) is 0 Å². The maximum absolute atomic E-state index is 14.5. The molecule has 0 aliphatic carbocycles. The highest BCUT2D eigenvalue weighted by Gasteiger charge is 2.35. The van der Waals surface area contributed by atoms with Gasteiger partial charge in [-0.15, -0.1) is 0 Å². The van der Waals surface area contributed by atoms with Crippen molar-refractivity contribution in [2.45, 2.75) is 51.1 Å². The van der Waals surface area contributed by atoms with Crippen LogP contribution in [0.25, 0.3) is 0 Å². The van der Waals surface area contributed by atoms with Gasteiger partial charge in [0.25, 0.3) is 10.0 Å². The van der Waals surface area contributed by atoms with Gasteiger partial charge in [-0.3, -0.25) is 13.9 Å². The molecule has 242 valence electrons. The molecule has 0 heterocycles. The number of anilines is 1. The number of sulfonamides is 1. The van der Waals surface area contributed by atoms with Crippen molar-refractivity contribution >= 4 is 27.5 Å². The van der Waals surface area contributed by atoms with E-state index in [0.29, 0.717) is 18.5 Å². The molecule has 10 heteroatoms. The molecule has 0 aliphatic rings. The van der Waals surface area contributed by atoms with Crippen molar-refractivity contribution in [2.75, 3.05) is 24.5 Å². The zero-order valence-corrected chi connectivity index (χ0v) is 27.4. The molecule has 0 radical (unpaired) electrons. The first-order valence-corrected chi connectivity index (χ1v) is 16.6. The highest BCUT2D eigenvalue weighted by molar-refractivity contribution is 7.92. The van der Waals surface area contributed by atoms with Gasteiger partial charge in [0.2, 0.25) is 11.8 Å². The topological polar surface area (TPSA) is 96.0 Å². The van der Waals surface area contributed by atoms with Gasteiger partial charge in [0.15, 0.2) is 0 Å². The number of carbonyl (C=O) groups excluding carboxylic acids is 2. The van der Waals surface area contributed by atoms with Crippen molar-refractivity contribution in [1.82, 2.24) is 10.2 Å². The summed E-state index contributed by atoms with van der Waals surface area (Å²) in [5.74, 6) is -1.16. The van der Waals surface area contributed by atoms with E-state index in [0.717, 1.165) is 21.0 Å². The first-order chi connectivity index (χ1) is 22.0. The average molecular weight is 646 g/mol. The molecule has 0 aromatic heterocycles. The fourth-order valence-electron chi connectivity index (χ4n) is 5.05. The minimum Gasteiger partial charge on any atom is -0.495 e. The van der Waals surface area contributed by atoms with Crippen LogP contribution in [-0.4, -0.2) is 51.4 Å². The molecule has 1 unspecified atom stereocenters. The van der Waals surface area contributed by atoms with Crippen LogP contribution >= 0.6 is 0 Å². The van der Waals surface area contributed by atoms with Crippen molar-refractivity contribution in [1.29, 1.82) is 0 Å². The van der Waals surface area contributed by atoms with Crippen LogP contribution in [0.4, 0.5) is 10.1 Å². The summed E-state index contributed by atoms with van der Waals surface area (Å²) >= 11 is 0. The average Bonchev–Trinajstić information content (AvgIpc) is 3.05. The third-order valence-corrected chi connectivity index (χ3v) is 9.35. The first kappa shape index (κ1) is 34.2. The molecule has 1 atom stereocenters. The third-order valence-electron chi connectivity index (χ3n) is 7.58. The molecule has 0 fully saturated rings. The molecule has 0 bridgehead atoms. The SMILES string of the molecule is CCCNC(=O)C(Cc1ccccc1)N(Cc1ccc(F)cc1)C(=O)CN(c1cc(C)ccc1OC)S(=O)(=O)c1ccc(C)cc1. The summed E-state index contributed by atoms with van der Waals surface area (Å²) in [6.45, 7) is 5.32. The Morgan fingerprint density at radius 3 is 2.15 bits per heavy atom. The molecule has 0 saturated heterocycles. The number of ether oxygens (including phenoxy) is 1. The quantitative estimate of drug-likeness (QED) is 0.187. The van der Waals surface area contributed by atoms with E-state index in [4.69, 9.17) is 4.74 Å². The lowest BCUT2D eigenvalue weighted by molar-refractivity contribution is -0.140. The predicted molar refractivity (Wildman–Crippen MR) is 178 cm³/mol. The molecule has 1 N–H and O–H groups in total. The number of carbonyl (C=O) groups is 2. The Labute approximate surface area is 270 Å². The zero-order valence-electron chi connectivity index (χ0n) is 26.6. The summed E-state index contributed by atoms with van der Waals surface area (Å²) in [5.41, 5.74) is 3.23. The Morgan fingerprint density at radius 1 is 0.870 bits per heavy atom. The molecule has 8 nitrogen and oxygen atoms in total. The number of nitrogens with one attached hydrogen (secondary N) is 1. The van der Waals surface area contributed by atoms with E-state index < -0.39 is 34.3 Å². The van der Waals surface area contributed by atoms with Crippen LogP contribution in [0, 0.1) is 19.7 Å². The lowest BCUT2D eigenvalue weighted by atomic mass is 10.0. The summed E-state index contributed by atoms with van der Waals surface area (Å²) in [5, 5.41) is 2.91. The highest BCUT2D eigenvalue weighted by atomic mass is 32.2. The van der Waals surface area contributed by atoms with Crippen LogP contribution in [-0.2, 0) is 32.6 Å². The van der Waals surface area contributed by atoms with Gasteiger partial charge in [-0.25, -0.2) is 12.8 Å². The van der Waals surface area contributed by atoms with Crippen LogP contribution in [0.2, 0.25) is 0 Å². The van der Waals surface area contributed by atoms with Crippen molar-refractivity contribution < 1.29 is 27.1 Å². The number of aryl methyl sites for hydroxylation is 2. The van der Waals surface area contributed by atoms with Gasteiger partial charge in [0, 0.05) is 19.5 Å². The standard InChI is InChI=1S/C36H40FN3O5S/c1-5-21-38-36(42)33(23-28-9-7-6-8-10-28)39(24-29-14-16-30(37)17-15-29)35(41)25-40(32-22-27(3)13-20-34(32)45-4)46(43,44)31-18-11-26(2)12-19-31/h6-20,22,33H,5,21,23-25H2,1-4H3,(H,38,42). The van der Waals surface area contributed by atoms with Crippen LogP contribution in [0.1, 0.15) is 35.6 Å². The number of hydrogen-bond donors (Lipinski definition) is 1. The van der Waals surface area contributed by atoms with Crippen molar-refractivity contribution in [2.24, 2.45) is 0 Å². The maximum atomic E-state index is 14.5. The van der Waals surface area contributed by atoms with Gasteiger partial charge in [-0.05, 0) is 73.4 Å². The number of rotatable bonds is 14. The second-order valence-corrected chi connectivity index (χ2v) is 13.0. The lowest BCUT2D eigenvalue weighted by Crippen LogP contribution is -2.53. The highest BCUT2D eigenvalue weighted by Crippen LogP contribution is 2.34. The van der Waals surface area contributed by atoms with Crippen molar-refractivity contribution in [3.05, 3.63) is 125 Å². The summed E-state index contributed by atoms with van der Waals surface area (Å²) in [6, 6.07) is 25.4. The molecule has 4 aromatic carbocycles. The van der Waals surface area contributed by atoms with E-state index in [2.05, 4.69) is 5.32 Å². The summed E-state index contributed by atoms with van der Waals surface area (Å²) in [6.07, 6.45) is 0.868. The normalized spacial score (nSPS) is 11.8. The van der Waals surface area contributed by atoms with Crippen LogP contribution in [0.5, 0.6) is 5.75 Å². The smallest absolute Gasteiger partial charge is 0.264 e. The Morgan fingerprint density at radius 2 is 1.52 bits per heavy atom. The second kappa shape index (κ2) is 15.5. The maximum Gasteiger partial charge on any atom is 0.264 e. The molecule has 46 heavy (non-hydrogen) atoms. The van der Waals surface area contributed by atoms with E-state index >= 15 is 0 Å².